The van der Waals surface area contributed by atoms with Crippen molar-refractivity contribution in [2.75, 3.05) is 5.73 Å². The van der Waals surface area contributed by atoms with Crippen molar-refractivity contribution in [2.45, 2.75) is 19.4 Å². The highest BCUT2D eigenvalue weighted by Gasteiger charge is 2.07. The summed E-state index contributed by atoms with van der Waals surface area (Å²) in [6.07, 6.45) is -0.678. The predicted molar refractivity (Wildman–Crippen MR) is 52.8 cm³/mol. The lowest BCUT2D eigenvalue weighted by Gasteiger charge is -2.08. The van der Waals surface area contributed by atoms with Crippen LogP contribution in [0.2, 0.25) is 0 Å². The first kappa shape index (κ1) is 10.5. The molecule has 14 heavy (non-hydrogen) atoms. The molecule has 1 aromatic rings. The summed E-state index contributed by atoms with van der Waals surface area (Å²) in [5.74, 6) is -0.915. The van der Waals surface area contributed by atoms with Crippen LogP contribution in [0.3, 0.4) is 0 Å². The molecule has 4 nitrogen and oxygen atoms in total. The number of carboxylic acid groups (broad SMARTS) is 1. The second kappa shape index (κ2) is 4.11. The highest BCUT2D eigenvalue weighted by Crippen LogP contribution is 2.19. The Balaban J connectivity index is 2.95. The second-order valence-electron chi connectivity index (χ2n) is 3.20. The van der Waals surface area contributed by atoms with Crippen LogP contribution in [0.1, 0.15) is 24.2 Å². The highest BCUT2D eigenvalue weighted by molar-refractivity contribution is 5.73. The molecule has 0 radical (unpaired) electrons. The quantitative estimate of drug-likeness (QED) is 0.627. The average Bonchev–Trinajstić information content (AvgIpc) is 2.07. The zero-order valence-corrected chi connectivity index (χ0v) is 7.90. The van der Waals surface area contributed by atoms with Crippen molar-refractivity contribution in [3.8, 4) is 0 Å². The standard InChI is InChI=1S/C10H13NO3/c1-6(12)7-2-3-8(5-10(13)14)9(11)4-7/h2-4,6,12H,5,11H2,1H3,(H,13,14). The summed E-state index contributed by atoms with van der Waals surface area (Å²) in [7, 11) is 0. The molecule has 4 heteroatoms. The van der Waals surface area contributed by atoms with Gasteiger partial charge in [-0.25, -0.2) is 0 Å². The van der Waals surface area contributed by atoms with Gasteiger partial charge in [0.15, 0.2) is 0 Å². The fourth-order valence-electron chi connectivity index (χ4n) is 1.20. The van der Waals surface area contributed by atoms with Crippen LogP contribution >= 0.6 is 0 Å². The van der Waals surface area contributed by atoms with Crippen molar-refractivity contribution < 1.29 is 15.0 Å². The lowest BCUT2D eigenvalue weighted by molar-refractivity contribution is -0.136. The molecule has 0 spiro atoms. The monoisotopic (exact) mass is 195 g/mol. The van der Waals surface area contributed by atoms with Gasteiger partial charge in [-0.2, -0.15) is 0 Å². The number of hydrogen-bond donors (Lipinski definition) is 3. The van der Waals surface area contributed by atoms with Crippen LogP contribution in [0.15, 0.2) is 18.2 Å². The van der Waals surface area contributed by atoms with Gasteiger partial charge in [0.05, 0.1) is 12.5 Å². The van der Waals surface area contributed by atoms with Crippen molar-refractivity contribution in [1.29, 1.82) is 0 Å². The Morgan fingerprint density at radius 3 is 2.64 bits per heavy atom. The van der Waals surface area contributed by atoms with Crippen LogP contribution in [0, 0.1) is 0 Å². The molecular weight excluding hydrogens is 182 g/mol. The molecule has 1 rings (SSSR count). The van der Waals surface area contributed by atoms with Gasteiger partial charge in [0, 0.05) is 5.69 Å². The zero-order valence-electron chi connectivity index (χ0n) is 7.90. The summed E-state index contributed by atoms with van der Waals surface area (Å²) < 4.78 is 0. The van der Waals surface area contributed by atoms with Gasteiger partial charge >= 0.3 is 5.97 Å². The van der Waals surface area contributed by atoms with E-state index in [0.29, 0.717) is 16.8 Å². The third-order valence-electron chi connectivity index (χ3n) is 1.99. The van der Waals surface area contributed by atoms with E-state index in [9.17, 15) is 9.90 Å². The molecule has 0 aliphatic carbocycles. The topological polar surface area (TPSA) is 83.5 Å². The largest absolute Gasteiger partial charge is 0.481 e. The second-order valence-corrected chi connectivity index (χ2v) is 3.20. The van der Waals surface area contributed by atoms with Crippen LogP contribution in [-0.4, -0.2) is 16.2 Å². The summed E-state index contributed by atoms with van der Waals surface area (Å²) >= 11 is 0. The van der Waals surface area contributed by atoms with Gasteiger partial charge in [0.1, 0.15) is 0 Å². The van der Waals surface area contributed by atoms with Crippen molar-refractivity contribution in [3.05, 3.63) is 29.3 Å². The maximum absolute atomic E-state index is 10.4. The first-order valence-electron chi connectivity index (χ1n) is 4.29. The number of carbonyl (C=O) groups is 1. The Bertz CT molecular complexity index is 347. The zero-order chi connectivity index (χ0) is 10.7. The number of aliphatic hydroxyl groups excluding tert-OH is 1. The Morgan fingerprint density at radius 2 is 2.21 bits per heavy atom. The third-order valence-corrected chi connectivity index (χ3v) is 1.99. The minimum absolute atomic E-state index is 0.0913. The maximum atomic E-state index is 10.4. The molecule has 4 N–H and O–H groups in total. The van der Waals surface area contributed by atoms with Crippen LogP contribution in [0.5, 0.6) is 0 Å². The number of aliphatic carboxylic acids is 1. The van der Waals surface area contributed by atoms with E-state index >= 15 is 0 Å². The van der Waals surface area contributed by atoms with Crippen molar-refractivity contribution >= 4 is 11.7 Å². The number of rotatable bonds is 3. The number of nitrogen functional groups attached to an aromatic ring is 1. The number of aliphatic hydroxyl groups is 1. The minimum atomic E-state index is -0.915. The Morgan fingerprint density at radius 1 is 1.57 bits per heavy atom. The number of benzene rings is 1. The molecule has 0 saturated carbocycles. The Labute approximate surface area is 82.0 Å². The number of anilines is 1. The van der Waals surface area contributed by atoms with E-state index in [-0.39, 0.29) is 6.42 Å². The Kier molecular flexibility index (Phi) is 3.09. The van der Waals surface area contributed by atoms with E-state index in [2.05, 4.69) is 0 Å². The van der Waals surface area contributed by atoms with Crippen LogP contribution in [0.4, 0.5) is 5.69 Å². The lowest BCUT2D eigenvalue weighted by Crippen LogP contribution is -2.04. The van der Waals surface area contributed by atoms with Crippen LogP contribution in [-0.2, 0) is 11.2 Å². The van der Waals surface area contributed by atoms with Gasteiger partial charge in [-0.3, -0.25) is 4.79 Å². The lowest BCUT2D eigenvalue weighted by atomic mass is 10.0. The molecule has 1 atom stereocenters. The summed E-state index contributed by atoms with van der Waals surface area (Å²) in [5.41, 5.74) is 7.30. The van der Waals surface area contributed by atoms with E-state index in [1.807, 2.05) is 0 Å². The normalized spacial score (nSPS) is 12.4. The molecule has 1 aromatic carbocycles. The van der Waals surface area contributed by atoms with Gasteiger partial charge in [-0.15, -0.1) is 0 Å². The number of carboxylic acids is 1. The summed E-state index contributed by atoms with van der Waals surface area (Å²) in [5, 5.41) is 17.8. The van der Waals surface area contributed by atoms with Crippen LogP contribution in [0.25, 0.3) is 0 Å². The van der Waals surface area contributed by atoms with Crippen LogP contribution < -0.4 is 5.73 Å². The van der Waals surface area contributed by atoms with Crippen molar-refractivity contribution in [2.24, 2.45) is 0 Å². The molecule has 0 heterocycles. The van der Waals surface area contributed by atoms with E-state index in [1.54, 1.807) is 25.1 Å². The van der Waals surface area contributed by atoms with Gasteiger partial charge < -0.3 is 15.9 Å². The number of nitrogens with two attached hydrogens (primary N) is 1. The van der Waals surface area contributed by atoms with Gasteiger partial charge in [0.2, 0.25) is 0 Å². The SMILES string of the molecule is CC(O)c1ccc(CC(=O)O)c(N)c1. The van der Waals surface area contributed by atoms with Crippen molar-refractivity contribution in [3.63, 3.8) is 0 Å². The fourth-order valence-corrected chi connectivity index (χ4v) is 1.20. The molecule has 0 amide bonds. The molecule has 0 aliphatic heterocycles. The molecule has 0 bridgehead atoms. The third kappa shape index (κ3) is 2.47. The van der Waals surface area contributed by atoms with E-state index in [0.717, 1.165) is 0 Å². The van der Waals surface area contributed by atoms with Gasteiger partial charge in [0.25, 0.3) is 0 Å². The fraction of sp³-hybridized carbons (Fsp3) is 0.300. The van der Waals surface area contributed by atoms with E-state index < -0.39 is 12.1 Å². The molecule has 0 aromatic heterocycles. The van der Waals surface area contributed by atoms with E-state index in [1.165, 1.54) is 0 Å². The van der Waals surface area contributed by atoms with Crippen molar-refractivity contribution in [1.82, 2.24) is 0 Å². The highest BCUT2D eigenvalue weighted by atomic mass is 16.4. The summed E-state index contributed by atoms with van der Waals surface area (Å²) in [6, 6.07) is 4.91. The minimum Gasteiger partial charge on any atom is -0.481 e. The first-order chi connectivity index (χ1) is 6.50. The summed E-state index contributed by atoms with van der Waals surface area (Å²) in [4.78, 5) is 10.4. The maximum Gasteiger partial charge on any atom is 0.307 e. The first-order valence-corrected chi connectivity index (χ1v) is 4.29. The summed E-state index contributed by atoms with van der Waals surface area (Å²) in [6.45, 7) is 1.63. The average molecular weight is 195 g/mol. The molecule has 0 saturated heterocycles. The molecule has 0 fully saturated rings. The van der Waals surface area contributed by atoms with Gasteiger partial charge in [-0.1, -0.05) is 12.1 Å². The Hall–Kier alpha value is -1.55. The predicted octanol–water partition coefficient (Wildman–Crippen LogP) is 0.949. The van der Waals surface area contributed by atoms with Gasteiger partial charge in [-0.05, 0) is 24.1 Å². The smallest absolute Gasteiger partial charge is 0.307 e. The number of hydrogen-bond acceptors (Lipinski definition) is 3. The van der Waals surface area contributed by atoms with E-state index in [4.69, 9.17) is 10.8 Å². The molecule has 1 unspecified atom stereocenters. The molecule has 76 valence electrons. The molecular formula is C10H13NO3. The molecule has 0 aliphatic rings.